The summed E-state index contributed by atoms with van der Waals surface area (Å²) in [4.78, 5) is 4.54. The van der Waals surface area contributed by atoms with Crippen LogP contribution in [0.3, 0.4) is 0 Å². The lowest BCUT2D eigenvalue weighted by Crippen LogP contribution is -2.06. The van der Waals surface area contributed by atoms with E-state index >= 15 is 0 Å². The molecule has 1 unspecified atom stereocenters. The molecule has 0 fully saturated rings. The molecule has 0 saturated carbocycles. The molecule has 1 aromatic heterocycles. The highest BCUT2D eigenvalue weighted by Gasteiger charge is 2.09. The summed E-state index contributed by atoms with van der Waals surface area (Å²) < 4.78 is 13.0. The van der Waals surface area contributed by atoms with E-state index in [0.29, 0.717) is 5.56 Å². The molecule has 1 N–H and O–H groups in total. The van der Waals surface area contributed by atoms with Crippen molar-refractivity contribution < 1.29 is 4.39 Å². The zero-order valence-electron chi connectivity index (χ0n) is 12.5. The highest BCUT2D eigenvalue weighted by Crippen LogP contribution is 2.27. The van der Waals surface area contributed by atoms with Gasteiger partial charge in [-0.05, 0) is 48.9 Å². The third-order valence-corrected chi connectivity index (χ3v) is 4.30. The predicted molar refractivity (Wildman–Crippen MR) is 90.7 cm³/mol. The van der Waals surface area contributed by atoms with Crippen molar-refractivity contribution in [2.75, 3.05) is 5.32 Å². The summed E-state index contributed by atoms with van der Waals surface area (Å²) in [5.41, 5.74) is 3.45. The largest absolute Gasteiger partial charge is 0.355 e. The Morgan fingerprint density at radius 1 is 1.13 bits per heavy atom. The van der Waals surface area contributed by atoms with Gasteiger partial charge in [-0.1, -0.05) is 12.1 Å². The number of rotatable bonds is 4. The van der Waals surface area contributed by atoms with Crippen LogP contribution in [0.15, 0.2) is 53.9 Å². The van der Waals surface area contributed by atoms with E-state index in [9.17, 15) is 4.39 Å². The first-order chi connectivity index (χ1) is 11.2. The molecule has 3 aromatic rings. The summed E-state index contributed by atoms with van der Waals surface area (Å²) in [7, 11) is 0. The van der Waals surface area contributed by atoms with Crippen LogP contribution in [-0.4, -0.2) is 4.98 Å². The van der Waals surface area contributed by atoms with Gasteiger partial charge >= 0.3 is 0 Å². The fourth-order valence-electron chi connectivity index (χ4n) is 2.21. The minimum atomic E-state index is -0.253. The number of aromatic nitrogens is 1. The van der Waals surface area contributed by atoms with Crippen LogP contribution in [0.4, 0.5) is 9.52 Å². The smallest absolute Gasteiger partial charge is 0.183 e. The fraction of sp³-hybridized carbons (Fsp3) is 0.111. The molecule has 0 spiro atoms. The SMILES string of the molecule is CC(Nc1nc(-c2ccc(F)cc2)cs1)c1ccc(C#N)cc1. The van der Waals surface area contributed by atoms with Gasteiger partial charge in [0.15, 0.2) is 5.13 Å². The van der Waals surface area contributed by atoms with Crippen molar-refractivity contribution in [2.45, 2.75) is 13.0 Å². The summed E-state index contributed by atoms with van der Waals surface area (Å²) in [6, 6.07) is 16.0. The van der Waals surface area contributed by atoms with Crippen molar-refractivity contribution in [2.24, 2.45) is 0 Å². The molecular formula is C18H14FN3S. The van der Waals surface area contributed by atoms with Crippen LogP contribution in [0.1, 0.15) is 24.1 Å². The molecule has 2 aromatic carbocycles. The lowest BCUT2D eigenvalue weighted by atomic mass is 10.1. The van der Waals surface area contributed by atoms with Crippen molar-refractivity contribution in [1.82, 2.24) is 4.98 Å². The van der Waals surface area contributed by atoms with E-state index in [1.54, 1.807) is 24.3 Å². The second-order valence-electron chi connectivity index (χ2n) is 5.14. The molecule has 0 saturated heterocycles. The van der Waals surface area contributed by atoms with Crippen LogP contribution < -0.4 is 5.32 Å². The van der Waals surface area contributed by atoms with Gasteiger partial charge in [-0.2, -0.15) is 5.26 Å². The minimum Gasteiger partial charge on any atom is -0.355 e. The fourth-order valence-corrected chi connectivity index (χ4v) is 3.02. The Kier molecular flexibility index (Phi) is 4.35. The van der Waals surface area contributed by atoms with E-state index in [1.165, 1.54) is 23.5 Å². The Morgan fingerprint density at radius 2 is 1.83 bits per heavy atom. The molecule has 114 valence electrons. The molecule has 0 radical (unpaired) electrons. The van der Waals surface area contributed by atoms with Gasteiger partial charge < -0.3 is 5.32 Å². The van der Waals surface area contributed by atoms with E-state index in [-0.39, 0.29) is 11.9 Å². The standard InChI is InChI=1S/C18H14FN3S/c1-12(14-4-2-13(10-20)3-5-14)21-18-22-17(11-23-18)15-6-8-16(19)9-7-15/h2-9,11-12H,1H3,(H,21,22). The van der Waals surface area contributed by atoms with Gasteiger partial charge in [0.1, 0.15) is 5.82 Å². The van der Waals surface area contributed by atoms with Gasteiger partial charge in [-0.25, -0.2) is 9.37 Å². The predicted octanol–water partition coefficient (Wildman–Crippen LogP) is 4.99. The summed E-state index contributed by atoms with van der Waals surface area (Å²) >= 11 is 1.51. The first-order valence-electron chi connectivity index (χ1n) is 7.14. The molecule has 0 aliphatic carbocycles. The van der Waals surface area contributed by atoms with E-state index < -0.39 is 0 Å². The summed E-state index contributed by atoms with van der Waals surface area (Å²) in [5, 5.41) is 14.9. The molecule has 0 amide bonds. The highest BCUT2D eigenvalue weighted by atomic mass is 32.1. The van der Waals surface area contributed by atoms with Crippen molar-refractivity contribution >= 4 is 16.5 Å². The number of benzene rings is 2. The van der Waals surface area contributed by atoms with Gasteiger partial charge in [0.2, 0.25) is 0 Å². The second-order valence-corrected chi connectivity index (χ2v) is 6.00. The molecule has 3 nitrogen and oxygen atoms in total. The summed E-state index contributed by atoms with van der Waals surface area (Å²) in [6.07, 6.45) is 0. The van der Waals surface area contributed by atoms with Crippen molar-refractivity contribution in [3.63, 3.8) is 0 Å². The van der Waals surface area contributed by atoms with Gasteiger partial charge in [0.25, 0.3) is 0 Å². The number of thiazole rings is 1. The third kappa shape index (κ3) is 3.55. The van der Waals surface area contributed by atoms with Crippen molar-refractivity contribution in [1.29, 1.82) is 5.26 Å². The van der Waals surface area contributed by atoms with Crippen LogP contribution in [0.5, 0.6) is 0 Å². The Balaban J connectivity index is 1.73. The first-order valence-corrected chi connectivity index (χ1v) is 8.02. The zero-order valence-corrected chi connectivity index (χ0v) is 13.3. The molecule has 0 aliphatic rings. The number of hydrogen-bond acceptors (Lipinski definition) is 4. The number of anilines is 1. The Bertz CT molecular complexity index is 832. The molecule has 0 bridgehead atoms. The lowest BCUT2D eigenvalue weighted by Gasteiger charge is -2.13. The molecule has 23 heavy (non-hydrogen) atoms. The molecular weight excluding hydrogens is 309 g/mol. The highest BCUT2D eigenvalue weighted by molar-refractivity contribution is 7.14. The molecule has 0 aliphatic heterocycles. The van der Waals surface area contributed by atoms with Crippen LogP contribution in [-0.2, 0) is 0 Å². The van der Waals surface area contributed by atoms with Gasteiger partial charge in [0, 0.05) is 10.9 Å². The van der Waals surface area contributed by atoms with E-state index in [4.69, 9.17) is 5.26 Å². The lowest BCUT2D eigenvalue weighted by molar-refractivity contribution is 0.628. The van der Waals surface area contributed by atoms with Gasteiger partial charge in [-0.3, -0.25) is 0 Å². The number of nitriles is 1. The topological polar surface area (TPSA) is 48.7 Å². The molecule has 1 atom stereocenters. The number of hydrogen-bond donors (Lipinski definition) is 1. The average molecular weight is 323 g/mol. The number of nitrogens with zero attached hydrogens (tertiary/aromatic N) is 2. The van der Waals surface area contributed by atoms with E-state index in [1.807, 2.05) is 24.4 Å². The van der Waals surface area contributed by atoms with E-state index in [0.717, 1.165) is 22.0 Å². The van der Waals surface area contributed by atoms with Crippen molar-refractivity contribution in [3.05, 3.63) is 70.9 Å². The average Bonchev–Trinajstić information content (AvgIpc) is 3.04. The first kappa shape index (κ1) is 15.2. The number of nitrogens with one attached hydrogen (secondary N) is 1. The summed E-state index contributed by atoms with van der Waals surface area (Å²) in [6.45, 7) is 2.04. The summed E-state index contributed by atoms with van der Waals surface area (Å²) in [5.74, 6) is -0.253. The van der Waals surface area contributed by atoms with Crippen LogP contribution in [0.2, 0.25) is 0 Å². The second kappa shape index (κ2) is 6.59. The molecule has 3 rings (SSSR count). The van der Waals surface area contributed by atoms with Crippen molar-refractivity contribution in [3.8, 4) is 17.3 Å². The van der Waals surface area contributed by atoms with Crippen LogP contribution in [0.25, 0.3) is 11.3 Å². The zero-order chi connectivity index (χ0) is 16.2. The van der Waals surface area contributed by atoms with Gasteiger partial charge in [-0.15, -0.1) is 11.3 Å². The van der Waals surface area contributed by atoms with Crippen LogP contribution >= 0.6 is 11.3 Å². The minimum absolute atomic E-state index is 0.0787. The Hall–Kier alpha value is -2.71. The Morgan fingerprint density at radius 3 is 2.48 bits per heavy atom. The quantitative estimate of drug-likeness (QED) is 0.735. The maximum absolute atomic E-state index is 13.0. The Labute approximate surface area is 138 Å². The van der Waals surface area contributed by atoms with Gasteiger partial charge in [0.05, 0.1) is 23.4 Å². The molecule has 1 heterocycles. The molecule has 5 heteroatoms. The number of halogens is 1. The maximum Gasteiger partial charge on any atom is 0.183 e. The van der Waals surface area contributed by atoms with E-state index in [2.05, 4.69) is 16.4 Å². The maximum atomic E-state index is 13.0. The van der Waals surface area contributed by atoms with Crippen LogP contribution in [0, 0.1) is 17.1 Å². The monoisotopic (exact) mass is 323 g/mol. The third-order valence-electron chi connectivity index (χ3n) is 3.52. The normalized spacial score (nSPS) is 11.7.